The van der Waals surface area contributed by atoms with E-state index in [2.05, 4.69) is 28.8 Å². The zero-order valence-corrected chi connectivity index (χ0v) is 12.0. The molecule has 0 aliphatic rings. The summed E-state index contributed by atoms with van der Waals surface area (Å²) in [6.45, 7) is 4.73. The summed E-state index contributed by atoms with van der Waals surface area (Å²) in [6.07, 6.45) is 4.54. The molecule has 0 radical (unpaired) electrons. The Morgan fingerprint density at radius 1 is 1.42 bits per heavy atom. The zero-order valence-electron chi connectivity index (χ0n) is 11.2. The maximum atomic E-state index is 5.73. The van der Waals surface area contributed by atoms with Crippen LogP contribution in [0, 0.1) is 0 Å². The molecule has 2 heterocycles. The normalized spacial score (nSPS) is 12.4. The summed E-state index contributed by atoms with van der Waals surface area (Å²) in [7, 11) is 0. The van der Waals surface area contributed by atoms with E-state index in [9.17, 15) is 0 Å². The lowest BCUT2D eigenvalue weighted by molar-refractivity contribution is 0.338. The Bertz CT molecular complexity index is 527. The van der Waals surface area contributed by atoms with Crippen molar-refractivity contribution in [3.8, 4) is 5.75 Å². The van der Waals surface area contributed by atoms with E-state index < -0.39 is 0 Å². The average Bonchev–Trinajstić information content (AvgIpc) is 2.89. The number of ether oxygens (including phenoxy) is 1. The monoisotopic (exact) mass is 277 g/mol. The van der Waals surface area contributed by atoms with Crippen molar-refractivity contribution in [2.24, 2.45) is 5.84 Å². The van der Waals surface area contributed by atoms with E-state index in [-0.39, 0.29) is 6.04 Å². The molecule has 0 aromatic carbocycles. The molecule has 0 saturated carbocycles. The zero-order chi connectivity index (χ0) is 13.7. The van der Waals surface area contributed by atoms with Crippen molar-refractivity contribution in [2.45, 2.75) is 26.3 Å². The van der Waals surface area contributed by atoms with Crippen molar-refractivity contribution >= 4 is 11.3 Å². The Labute approximate surface area is 117 Å². The van der Waals surface area contributed by atoms with Gasteiger partial charge in [-0.3, -0.25) is 10.8 Å². The van der Waals surface area contributed by atoms with Gasteiger partial charge in [-0.25, -0.2) is 5.43 Å². The summed E-state index contributed by atoms with van der Waals surface area (Å²) in [6, 6.07) is 4.09. The first-order valence-electron chi connectivity index (χ1n) is 6.40. The molecule has 0 bridgehead atoms. The molecule has 2 aromatic rings. The maximum Gasteiger partial charge on any atom is 0.137 e. The van der Waals surface area contributed by atoms with Gasteiger partial charge in [0.15, 0.2) is 0 Å². The molecule has 0 spiro atoms. The van der Waals surface area contributed by atoms with Crippen molar-refractivity contribution in [2.75, 3.05) is 6.61 Å². The van der Waals surface area contributed by atoms with Crippen LogP contribution in [0.25, 0.3) is 0 Å². The molecule has 5 heteroatoms. The number of pyridine rings is 1. The van der Waals surface area contributed by atoms with Gasteiger partial charge < -0.3 is 4.74 Å². The van der Waals surface area contributed by atoms with Crippen LogP contribution in [0.3, 0.4) is 0 Å². The number of nitrogens with one attached hydrogen (secondary N) is 1. The minimum atomic E-state index is -0.0390. The van der Waals surface area contributed by atoms with Gasteiger partial charge in [0.2, 0.25) is 0 Å². The predicted molar refractivity (Wildman–Crippen MR) is 78.3 cm³/mol. The molecule has 1 unspecified atom stereocenters. The first-order valence-corrected chi connectivity index (χ1v) is 7.28. The molecule has 0 aliphatic carbocycles. The number of hydrazine groups is 1. The molecular weight excluding hydrogens is 258 g/mol. The molecule has 0 fully saturated rings. The van der Waals surface area contributed by atoms with E-state index in [0.29, 0.717) is 6.61 Å². The van der Waals surface area contributed by atoms with Crippen molar-refractivity contribution in [3.05, 3.63) is 45.9 Å². The summed E-state index contributed by atoms with van der Waals surface area (Å²) in [5.41, 5.74) is 5.21. The number of nitrogens with two attached hydrogens (primary N) is 1. The topological polar surface area (TPSA) is 60.2 Å². The van der Waals surface area contributed by atoms with E-state index in [1.165, 1.54) is 10.4 Å². The molecule has 102 valence electrons. The number of aromatic nitrogens is 1. The van der Waals surface area contributed by atoms with Gasteiger partial charge in [0.25, 0.3) is 0 Å². The van der Waals surface area contributed by atoms with Crippen LogP contribution in [0.15, 0.2) is 29.9 Å². The van der Waals surface area contributed by atoms with Gasteiger partial charge in [0.05, 0.1) is 18.8 Å². The van der Waals surface area contributed by atoms with Crippen LogP contribution in [-0.2, 0) is 6.42 Å². The summed E-state index contributed by atoms with van der Waals surface area (Å²) in [5, 5.41) is 2.10. The maximum absolute atomic E-state index is 5.73. The fourth-order valence-electron chi connectivity index (χ4n) is 2.06. The molecule has 3 N–H and O–H groups in total. The van der Waals surface area contributed by atoms with Gasteiger partial charge in [-0.15, -0.1) is 11.3 Å². The number of rotatable bonds is 6. The number of hydrogen-bond acceptors (Lipinski definition) is 5. The van der Waals surface area contributed by atoms with E-state index in [0.717, 1.165) is 17.7 Å². The van der Waals surface area contributed by atoms with Crippen LogP contribution in [0.4, 0.5) is 0 Å². The lowest BCUT2D eigenvalue weighted by atomic mass is 10.0. The highest BCUT2D eigenvalue weighted by molar-refractivity contribution is 7.10. The highest BCUT2D eigenvalue weighted by atomic mass is 32.1. The summed E-state index contributed by atoms with van der Waals surface area (Å²) in [4.78, 5) is 5.46. The van der Waals surface area contributed by atoms with E-state index in [1.807, 2.05) is 19.2 Å². The predicted octanol–water partition coefficient (Wildman–Crippen LogP) is 2.66. The van der Waals surface area contributed by atoms with Gasteiger partial charge in [0.1, 0.15) is 5.75 Å². The third-order valence-electron chi connectivity index (χ3n) is 2.97. The van der Waals surface area contributed by atoms with Crippen LogP contribution >= 0.6 is 11.3 Å². The van der Waals surface area contributed by atoms with Crippen molar-refractivity contribution in [1.82, 2.24) is 10.4 Å². The Morgan fingerprint density at radius 3 is 2.95 bits per heavy atom. The molecule has 0 aliphatic heterocycles. The molecule has 1 atom stereocenters. The highest BCUT2D eigenvalue weighted by Crippen LogP contribution is 2.30. The second kappa shape index (κ2) is 6.65. The van der Waals surface area contributed by atoms with Gasteiger partial charge in [-0.1, -0.05) is 6.92 Å². The van der Waals surface area contributed by atoms with Crippen molar-refractivity contribution in [1.29, 1.82) is 0 Å². The number of nitrogens with zero attached hydrogens (tertiary/aromatic N) is 1. The molecule has 19 heavy (non-hydrogen) atoms. The van der Waals surface area contributed by atoms with Crippen LogP contribution in [0.1, 0.15) is 35.9 Å². The quantitative estimate of drug-likeness (QED) is 0.629. The number of aryl methyl sites for hydroxylation is 1. The molecular formula is C14H19N3OS. The molecule has 0 amide bonds. The van der Waals surface area contributed by atoms with E-state index in [1.54, 1.807) is 17.5 Å². The Morgan fingerprint density at radius 2 is 2.26 bits per heavy atom. The lowest BCUT2D eigenvalue weighted by Crippen LogP contribution is -2.29. The minimum absolute atomic E-state index is 0.0390. The lowest BCUT2D eigenvalue weighted by Gasteiger charge is -2.17. The first kappa shape index (κ1) is 14.0. The van der Waals surface area contributed by atoms with Crippen LogP contribution < -0.4 is 16.0 Å². The van der Waals surface area contributed by atoms with Crippen molar-refractivity contribution < 1.29 is 4.74 Å². The average molecular weight is 277 g/mol. The summed E-state index contributed by atoms with van der Waals surface area (Å²) >= 11 is 1.71. The fourth-order valence-corrected chi connectivity index (χ4v) is 3.14. The molecule has 0 saturated heterocycles. The van der Waals surface area contributed by atoms with Crippen LogP contribution in [-0.4, -0.2) is 11.6 Å². The smallest absolute Gasteiger partial charge is 0.137 e. The first-order chi connectivity index (χ1) is 9.30. The Kier molecular flexibility index (Phi) is 4.90. The third kappa shape index (κ3) is 3.12. The largest absolute Gasteiger partial charge is 0.492 e. The standard InChI is InChI=1S/C14H19N3OS/c1-3-10-5-6-19-14(10)13(17-15)11-7-12(18-4-2)9-16-8-11/h5-9,13,17H,3-4,15H2,1-2H3. The fraction of sp³-hybridized carbons (Fsp3) is 0.357. The molecule has 4 nitrogen and oxygen atoms in total. The summed E-state index contributed by atoms with van der Waals surface area (Å²) in [5.74, 6) is 6.50. The number of thiophene rings is 1. The summed E-state index contributed by atoms with van der Waals surface area (Å²) < 4.78 is 5.49. The van der Waals surface area contributed by atoms with Crippen LogP contribution in [0.2, 0.25) is 0 Å². The molecule has 2 aromatic heterocycles. The van der Waals surface area contributed by atoms with Gasteiger partial charge in [-0.05, 0) is 42.0 Å². The van der Waals surface area contributed by atoms with Gasteiger partial charge in [-0.2, -0.15) is 0 Å². The second-order valence-electron chi connectivity index (χ2n) is 4.15. The van der Waals surface area contributed by atoms with E-state index >= 15 is 0 Å². The second-order valence-corrected chi connectivity index (χ2v) is 5.10. The minimum Gasteiger partial charge on any atom is -0.492 e. The highest BCUT2D eigenvalue weighted by Gasteiger charge is 2.17. The Hall–Kier alpha value is -1.43. The Balaban J connectivity index is 2.34. The van der Waals surface area contributed by atoms with Crippen molar-refractivity contribution in [3.63, 3.8) is 0 Å². The SMILES string of the molecule is CCOc1cncc(C(NN)c2sccc2CC)c1. The van der Waals surface area contributed by atoms with Gasteiger partial charge in [0, 0.05) is 11.1 Å². The van der Waals surface area contributed by atoms with Gasteiger partial charge >= 0.3 is 0 Å². The third-order valence-corrected chi connectivity index (χ3v) is 3.99. The molecule has 2 rings (SSSR count). The number of hydrogen-bond donors (Lipinski definition) is 2. The van der Waals surface area contributed by atoms with Crippen LogP contribution in [0.5, 0.6) is 5.75 Å². The van der Waals surface area contributed by atoms with E-state index in [4.69, 9.17) is 10.6 Å².